The molecule has 0 spiro atoms. The molecule has 2 heterocycles. The van der Waals surface area contributed by atoms with Gasteiger partial charge < -0.3 is 10.2 Å². The molecule has 0 saturated carbocycles. The molecule has 0 aromatic heterocycles. The van der Waals surface area contributed by atoms with Gasteiger partial charge in [-0.1, -0.05) is 11.6 Å². The Balaban J connectivity index is 1.86. The van der Waals surface area contributed by atoms with Gasteiger partial charge in [-0.25, -0.2) is 0 Å². The number of carbonyl (C=O) groups is 1. The lowest BCUT2D eigenvalue weighted by Gasteiger charge is -2.37. The maximum atomic E-state index is 12.7. The quantitative estimate of drug-likeness (QED) is 0.856. The highest BCUT2D eigenvalue weighted by Crippen LogP contribution is 2.28. The number of piperidine rings is 1. The van der Waals surface area contributed by atoms with Crippen LogP contribution in [0.2, 0.25) is 5.02 Å². The van der Waals surface area contributed by atoms with Crippen molar-refractivity contribution in [2.24, 2.45) is 5.92 Å². The average molecular weight is 279 g/mol. The summed E-state index contributed by atoms with van der Waals surface area (Å²) in [6.45, 7) is 4.81. The molecule has 2 saturated heterocycles. The Kier molecular flexibility index (Phi) is 3.50. The maximum absolute atomic E-state index is 12.7. The van der Waals surface area contributed by atoms with Gasteiger partial charge in [-0.05, 0) is 49.4 Å². The van der Waals surface area contributed by atoms with Gasteiger partial charge in [0, 0.05) is 36.3 Å². The predicted octanol–water partition coefficient (Wildman–Crippen LogP) is 2.47. The fourth-order valence-electron chi connectivity index (χ4n) is 3.35. The van der Waals surface area contributed by atoms with Crippen molar-refractivity contribution in [3.8, 4) is 0 Å². The van der Waals surface area contributed by atoms with Crippen LogP contribution >= 0.6 is 11.6 Å². The zero-order chi connectivity index (χ0) is 13.4. The molecule has 3 nitrogen and oxygen atoms in total. The van der Waals surface area contributed by atoms with Crippen molar-refractivity contribution in [1.29, 1.82) is 0 Å². The Morgan fingerprint density at radius 1 is 1.37 bits per heavy atom. The zero-order valence-corrected chi connectivity index (χ0v) is 11.9. The fraction of sp³-hybridized carbons (Fsp3) is 0.533. The third-order valence-corrected chi connectivity index (χ3v) is 4.45. The Bertz CT molecular complexity index is 483. The summed E-state index contributed by atoms with van der Waals surface area (Å²) in [6, 6.07) is 5.96. The summed E-state index contributed by atoms with van der Waals surface area (Å²) in [5.74, 6) is 0.752. The minimum Gasteiger partial charge on any atom is -0.334 e. The number of nitrogens with zero attached hydrogens (tertiary/aromatic N) is 1. The normalized spacial score (nSPS) is 26.3. The largest absolute Gasteiger partial charge is 0.334 e. The highest BCUT2D eigenvalue weighted by Gasteiger charge is 2.37. The van der Waals surface area contributed by atoms with E-state index in [9.17, 15) is 4.79 Å². The standard InChI is InChI=1S/C15H19ClN2O/c1-10-5-12(7-13(16)6-10)15(19)18-4-2-3-11-8-17-9-14(11)18/h5-7,11,14,17H,2-4,8-9H2,1H3. The number of carbonyl (C=O) groups excluding carboxylic acids is 1. The van der Waals surface area contributed by atoms with Crippen molar-refractivity contribution >= 4 is 17.5 Å². The summed E-state index contributed by atoms with van der Waals surface area (Å²) in [6.07, 6.45) is 2.34. The molecule has 2 atom stereocenters. The molecule has 19 heavy (non-hydrogen) atoms. The van der Waals surface area contributed by atoms with Crippen LogP contribution in [0.4, 0.5) is 0 Å². The van der Waals surface area contributed by atoms with E-state index in [4.69, 9.17) is 11.6 Å². The lowest BCUT2D eigenvalue weighted by molar-refractivity contribution is 0.0574. The zero-order valence-electron chi connectivity index (χ0n) is 11.2. The van der Waals surface area contributed by atoms with Gasteiger partial charge in [-0.3, -0.25) is 4.79 Å². The van der Waals surface area contributed by atoms with Gasteiger partial charge in [0.05, 0.1) is 0 Å². The summed E-state index contributed by atoms with van der Waals surface area (Å²) in [4.78, 5) is 14.7. The number of amides is 1. The van der Waals surface area contributed by atoms with Gasteiger partial charge in [-0.15, -0.1) is 0 Å². The summed E-state index contributed by atoms with van der Waals surface area (Å²) in [7, 11) is 0. The van der Waals surface area contributed by atoms with Crippen molar-refractivity contribution < 1.29 is 4.79 Å². The molecule has 2 fully saturated rings. The second-order valence-corrected chi connectivity index (χ2v) is 6.08. The first kappa shape index (κ1) is 12.9. The number of likely N-dealkylation sites (tertiary alicyclic amines) is 1. The van der Waals surface area contributed by atoms with E-state index in [1.807, 2.05) is 24.0 Å². The van der Waals surface area contributed by atoms with Crippen LogP contribution in [0.15, 0.2) is 18.2 Å². The summed E-state index contributed by atoms with van der Waals surface area (Å²) in [5.41, 5.74) is 1.76. The van der Waals surface area contributed by atoms with Gasteiger partial charge in [0.25, 0.3) is 5.91 Å². The van der Waals surface area contributed by atoms with Crippen LogP contribution in [0.25, 0.3) is 0 Å². The van der Waals surface area contributed by atoms with E-state index in [0.717, 1.165) is 37.2 Å². The van der Waals surface area contributed by atoms with Crippen molar-refractivity contribution in [3.05, 3.63) is 34.3 Å². The Hall–Kier alpha value is -1.06. The minimum atomic E-state index is 0.129. The van der Waals surface area contributed by atoms with Crippen molar-refractivity contribution in [3.63, 3.8) is 0 Å². The number of rotatable bonds is 1. The second kappa shape index (κ2) is 5.14. The van der Waals surface area contributed by atoms with E-state index in [1.54, 1.807) is 6.07 Å². The van der Waals surface area contributed by atoms with Gasteiger partial charge in [0.2, 0.25) is 0 Å². The molecule has 0 aliphatic carbocycles. The van der Waals surface area contributed by atoms with Gasteiger partial charge >= 0.3 is 0 Å². The first-order valence-electron chi connectivity index (χ1n) is 6.94. The van der Waals surface area contributed by atoms with E-state index >= 15 is 0 Å². The third kappa shape index (κ3) is 2.49. The molecule has 4 heteroatoms. The Morgan fingerprint density at radius 3 is 3.00 bits per heavy atom. The lowest BCUT2D eigenvalue weighted by Crippen LogP contribution is -2.48. The number of nitrogens with one attached hydrogen (secondary N) is 1. The first-order chi connectivity index (χ1) is 9.15. The second-order valence-electron chi connectivity index (χ2n) is 5.64. The molecule has 102 valence electrons. The maximum Gasteiger partial charge on any atom is 0.254 e. The van der Waals surface area contributed by atoms with E-state index in [0.29, 0.717) is 17.0 Å². The number of hydrogen-bond acceptors (Lipinski definition) is 2. The van der Waals surface area contributed by atoms with Gasteiger partial charge in [0.15, 0.2) is 0 Å². The number of benzene rings is 1. The molecule has 1 amide bonds. The Morgan fingerprint density at radius 2 is 2.21 bits per heavy atom. The van der Waals surface area contributed by atoms with Crippen LogP contribution in [0.3, 0.4) is 0 Å². The van der Waals surface area contributed by atoms with Crippen LogP contribution in [-0.4, -0.2) is 36.5 Å². The molecule has 1 aromatic rings. The smallest absolute Gasteiger partial charge is 0.254 e. The topological polar surface area (TPSA) is 32.3 Å². The van der Waals surface area contributed by atoms with Gasteiger partial charge in [-0.2, -0.15) is 0 Å². The van der Waals surface area contributed by atoms with E-state index in [1.165, 1.54) is 6.42 Å². The van der Waals surface area contributed by atoms with Crippen molar-refractivity contribution in [1.82, 2.24) is 10.2 Å². The number of aryl methyl sites for hydroxylation is 1. The number of fused-ring (bicyclic) bond motifs is 1. The van der Waals surface area contributed by atoms with Crippen LogP contribution in [0, 0.1) is 12.8 Å². The molecule has 2 aliphatic rings. The molecule has 3 rings (SSSR count). The molecular formula is C15H19ClN2O. The first-order valence-corrected chi connectivity index (χ1v) is 7.32. The van der Waals surface area contributed by atoms with Gasteiger partial charge in [0.1, 0.15) is 0 Å². The van der Waals surface area contributed by atoms with Crippen LogP contribution in [0.1, 0.15) is 28.8 Å². The molecule has 1 aromatic carbocycles. The average Bonchev–Trinajstić information content (AvgIpc) is 2.84. The predicted molar refractivity (Wildman–Crippen MR) is 76.6 cm³/mol. The molecule has 0 bridgehead atoms. The fourth-order valence-corrected chi connectivity index (χ4v) is 3.64. The number of halogens is 1. The Labute approximate surface area is 118 Å². The molecule has 2 aliphatic heterocycles. The summed E-state index contributed by atoms with van der Waals surface area (Å²) < 4.78 is 0. The van der Waals surface area contributed by atoms with Crippen molar-refractivity contribution in [2.45, 2.75) is 25.8 Å². The van der Waals surface area contributed by atoms with Crippen LogP contribution in [-0.2, 0) is 0 Å². The summed E-state index contributed by atoms with van der Waals surface area (Å²) in [5, 5.41) is 4.04. The molecular weight excluding hydrogens is 260 g/mol. The van der Waals surface area contributed by atoms with E-state index < -0.39 is 0 Å². The summed E-state index contributed by atoms with van der Waals surface area (Å²) >= 11 is 6.06. The monoisotopic (exact) mass is 278 g/mol. The number of hydrogen-bond donors (Lipinski definition) is 1. The molecule has 2 unspecified atom stereocenters. The lowest BCUT2D eigenvalue weighted by atomic mass is 9.91. The molecule has 0 radical (unpaired) electrons. The van der Waals surface area contributed by atoms with Crippen LogP contribution in [0.5, 0.6) is 0 Å². The minimum absolute atomic E-state index is 0.129. The highest BCUT2D eigenvalue weighted by molar-refractivity contribution is 6.31. The third-order valence-electron chi connectivity index (χ3n) is 4.23. The SMILES string of the molecule is Cc1cc(Cl)cc(C(=O)N2CCCC3CNCC32)c1. The van der Waals surface area contributed by atoms with E-state index in [2.05, 4.69) is 5.32 Å². The molecule has 1 N–H and O–H groups in total. The van der Waals surface area contributed by atoms with Crippen molar-refractivity contribution in [2.75, 3.05) is 19.6 Å². The highest BCUT2D eigenvalue weighted by atomic mass is 35.5. The van der Waals surface area contributed by atoms with E-state index in [-0.39, 0.29) is 5.91 Å². The van der Waals surface area contributed by atoms with Crippen LogP contribution < -0.4 is 5.32 Å².